The number of thiazole rings is 1. The number of aromatic nitrogens is 4. The Balaban J connectivity index is 1.28. The standard InChI is InChI=1S/C26H32N8O4S/c1-4-15-5-8-21(27-12-15)31-23(36)22(35)28-17-7-6-16(25-33-32-14(2)38-25)11-19(17)29-24(37)26-30-18-9-10-34(3)13-20(18)39-26/h5,8,12,16-17,19H,4,6-7,9-11,13H2,1-3H3,(H,28,35)(H,29,37)(H,27,31,36)/t16-,17-,19+/m0/s1. The quantitative estimate of drug-likeness (QED) is 0.389. The fourth-order valence-electron chi connectivity index (χ4n) is 4.97. The van der Waals surface area contributed by atoms with Gasteiger partial charge >= 0.3 is 11.8 Å². The lowest BCUT2D eigenvalue weighted by Gasteiger charge is -2.35. The molecule has 39 heavy (non-hydrogen) atoms. The van der Waals surface area contributed by atoms with Gasteiger partial charge in [-0.3, -0.25) is 14.4 Å². The first kappa shape index (κ1) is 26.9. The van der Waals surface area contributed by atoms with E-state index in [4.69, 9.17) is 4.42 Å². The van der Waals surface area contributed by atoms with Crippen molar-refractivity contribution >= 4 is 34.9 Å². The minimum absolute atomic E-state index is 0.0853. The first-order valence-electron chi connectivity index (χ1n) is 13.1. The summed E-state index contributed by atoms with van der Waals surface area (Å²) in [6.45, 7) is 5.41. The number of nitrogens with one attached hydrogen (secondary N) is 3. The van der Waals surface area contributed by atoms with Crippen molar-refractivity contribution in [2.45, 2.75) is 70.5 Å². The predicted molar refractivity (Wildman–Crippen MR) is 143 cm³/mol. The summed E-state index contributed by atoms with van der Waals surface area (Å²) in [5, 5.41) is 16.9. The highest BCUT2D eigenvalue weighted by Crippen LogP contribution is 2.33. The van der Waals surface area contributed by atoms with Crippen LogP contribution in [0.5, 0.6) is 0 Å². The van der Waals surface area contributed by atoms with Gasteiger partial charge in [0.05, 0.1) is 11.7 Å². The van der Waals surface area contributed by atoms with Crippen LogP contribution in [0.1, 0.15) is 69.8 Å². The smallest absolute Gasteiger partial charge is 0.314 e. The Morgan fingerprint density at radius 1 is 1.13 bits per heavy atom. The second kappa shape index (κ2) is 11.6. The molecule has 0 radical (unpaired) electrons. The normalized spacial score (nSPS) is 21.2. The lowest BCUT2D eigenvalue weighted by molar-refractivity contribution is -0.136. The molecule has 0 aromatic carbocycles. The number of fused-ring (bicyclic) bond motifs is 1. The molecular formula is C26H32N8O4S. The summed E-state index contributed by atoms with van der Waals surface area (Å²) in [5.74, 6) is -0.721. The van der Waals surface area contributed by atoms with Crippen LogP contribution in [0, 0.1) is 6.92 Å². The van der Waals surface area contributed by atoms with Gasteiger partial charge in [-0.05, 0) is 44.4 Å². The second-order valence-electron chi connectivity index (χ2n) is 10.1. The topological polar surface area (TPSA) is 155 Å². The summed E-state index contributed by atoms with van der Waals surface area (Å²) in [5.41, 5.74) is 1.99. The van der Waals surface area contributed by atoms with Gasteiger partial charge in [0.25, 0.3) is 5.91 Å². The summed E-state index contributed by atoms with van der Waals surface area (Å²) in [4.78, 5) is 50.8. The Labute approximate surface area is 230 Å². The van der Waals surface area contributed by atoms with E-state index in [0.717, 1.165) is 42.1 Å². The number of amides is 3. The lowest BCUT2D eigenvalue weighted by atomic mass is 9.82. The number of rotatable bonds is 6. The molecule has 1 aliphatic carbocycles. The van der Waals surface area contributed by atoms with Gasteiger partial charge in [0.2, 0.25) is 11.8 Å². The van der Waals surface area contributed by atoms with Gasteiger partial charge in [0.15, 0.2) is 5.01 Å². The van der Waals surface area contributed by atoms with E-state index in [2.05, 4.69) is 41.0 Å². The van der Waals surface area contributed by atoms with Crippen LogP contribution in [-0.2, 0) is 29.0 Å². The van der Waals surface area contributed by atoms with Gasteiger partial charge < -0.3 is 25.3 Å². The number of pyridine rings is 1. The van der Waals surface area contributed by atoms with Gasteiger partial charge in [-0.15, -0.1) is 21.5 Å². The van der Waals surface area contributed by atoms with Crippen LogP contribution in [0.4, 0.5) is 5.82 Å². The van der Waals surface area contributed by atoms with Crippen molar-refractivity contribution in [1.82, 2.24) is 35.7 Å². The molecule has 12 nitrogen and oxygen atoms in total. The molecule has 206 valence electrons. The van der Waals surface area contributed by atoms with Gasteiger partial charge in [-0.2, -0.15) is 0 Å². The third-order valence-corrected chi connectivity index (χ3v) is 8.25. The summed E-state index contributed by atoms with van der Waals surface area (Å²) in [6, 6.07) is 2.58. The molecule has 0 unspecified atom stereocenters. The van der Waals surface area contributed by atoms with E-state index in [1.165, 1.54) is 11.3 Å². The van der Waals surface area contributed by atoms with Crippen LogP contribution in [0.3, 0.4) is 0 Å². The summed E-state index contributed by atoms with van der Waals surface area (Å²) < 4.78 is 5.66. The zero-order chi connectivity index (χ0) is 27.5. The van der Waals surface area contributed by atoms with Gasteiger partial charge in [-0.1, -0.05) is 13.0 Å². The zero-order valence-corrected chi connectivity index (χ0v) is 23.0. The lowest BCUT2D eigenvalue weighted by Crippen LogP contribution is -2.56. The SMILES string of the molecule is CCc1ccc(NC(=O)C(=O)N[C@H]2CC[C@H](c3nnc(C)o3)C[C@H]2NC(=O)c2nc3c(s2)CN(C)CC3)nc1. The number of aryl methyl sites for hydroxylation is 2. The molecule has 1 fully saturated rings. The molecule has 3 N–H and O–H groups in total. The van der Waals surface area contributed by atoms with E-state index < -0.39 is 23.9 Å². The van der Waals surface area contributed by atoms with Crippen molar-refractivity contribution in [2.24, 2.45) is 0 Å². The fourth-order valence-corrected chi connectivity index (χ4v) is 6.06. The number of carbonyl (C=O) groups excluding carboxylic acids is 3. The average molecular weight is 553 g/mol. The molecule has 2 aliphatic rings. The summed E-state index contributed by atoms with van der Waals surface area (Å²) in [7, 11) is 2.05. The monoisotopic (exact) mass is 552 g/mol. The maximum Gasteiger partial charge on any atom is 0.314 e. The zero-order valence-electron chi connectivity index (χ0n) is 22.2. The molecule has 1 aliphatic heterocycles. The molecule has 0 saturated heterocycles. The molecular weight excluding hydrogens is 520 g/mol. The molecule has 4 heterocycles. The number of hydrogen-bond acceptors (Lipinski definition) is 10. The first-order chi connectivity index (χ1) is 18.8. The van der Waals surface area contributed by atoms with Crippen LogP contribution < -0.4 is 16.0 Å². The summed E-state index contributed by atoms with van der Waals surface area (Å²) >= 11 is 1.40. The second-order valence-corrected chi connectivity index (χ2v) is 11.1. The number of anilines is 1. The highest BCUT2D eigenvalue weighted by atomic mass is 32.1. The predicted octanol–water partition coefficient (Wildman–Crippen LogP) is 1.97. The van der Waals surface area contributed by atoms with Crippen molar-refractivity contribution in [3.63, 3.8) is 0 Å². The molecule has 0 spiro atoms. The molecule has 3 atom stereocenters. The number of likely N-dealkylation sites (N-methyl/N-ethyl adjacent to an activating group) is 1. The van der Waals surface area contributed by atoms with Crippen LogP contribution >= 0.6 is 11.3 Å². The Hall–Kier alpha value is -3.71. The van der Waals surface area contributed by atoms with Crippen LogP contribution in [-0.4, -0.2) is 68.5 Å². The van der Waals surface area contributed by atoms with Crippen molar-refractivity contribution in [3.8, 4) is 0 Å². The Morgan fingerprint density at radius 3 is 2.69 bits per heavy atom. The molecule has 1 saturated carbocycles. The average Bonchev–Trinajstić information content (AvgIpc) is 3.56. The molecule has 3 aromatic heterocycles. The van der Waals surface area contributed by atoms with Crippen LogP contribution in [0.2, 0.25) is 0 Å². The Kier molecular flexibility index (Phi) is 7.98. The summed E-state index contributed by atoms with van der Waals surface area (Å²) in [6.07, 6.45) is 4.92. The van der Waals surface area contributed by atoms with E-state index >= 15 is 0 Å². The van der Waals surface area contributed by atoms with E-state index in [9.17, 15) is 14.4 Å². The minimum Gasteiger partial charge on any atom is -0.425 e. The Morgan fingerprint density at radius 2 is 1.97 bits per heavy atom. The number of hydrogen-bond donors (Lipinski definition) is 3. The van der Waals surface area contributed by atoms with Crippen molar-refractivity contribution < 1.29 is 18.8 Å². The van der Waals surface area contributed by atoms with Crippen molar-refractivity contribution in [2.75, 3.05) is 18.9 Å². The maximum absolute atomic E-state index is 13.3. The highest BCUT2D eigenvalue weighted by Gasteiger charge is 2.37. The third kappa shape index (κ3) is 6.31. The highest BCUT2D eigenvalue weighted by molar-refractivity contribution is 7.13. The fraction of sp³-hybridized carbons (Fsp3) is 0.500. The maximum atomic E-state index is 13.3. The van der Waals surface area contributed by atoms with Crippen molar-refractivity contribution in [3.05, 3.63) is 51.3 Å². The minimum atomic E-state index is -0.816. The van der Waals surface area contributed by atoms with E-state index in [1.807, 2.05) is 20.0 Å². The molecule has 0 bridgehead atoms. The third-order valence-electron chi connectivity index (χ3n) is 7.17. The molecule has 13 heteroatoms. The van der Waals surface area contributed by atoms with Crippen LogP contribution in [0.15, 0.2) is 22.7 Å². The van der Waals surface area contributed by atoms with Crippen molar-refractivity contribution in [1.29, 1.82) is 0 Å². The largest absolute Gasteiger partial charge is 0.425 e. The van der Waals surface area contributed by atoms with Gasteiger partial charge in [0, 0.05) is 49.5 Å². The molecule has 3 aromatic rings. The van der Waals surface area contributed by atoms with Gasteiger partial charge in [-0.25, -0.2) is 9.97 Å². The molecule has 5 rings (SSSR count). The van der Waals surface area contributed by atoms with Crippen LogP contribution in [0.25, 0.3) is 0 Å². The number of nitrogens with zero attached hydrogens (tertiary/aromatic N) is 5. The Bertz CT molecular complexity index is 1350. The molecule has 3 amide bonds. The van der Waals surface area contributed by atoms with E-state index in [1.54, 1.807) is 19.2 Å². The van der Waals surface area contributed by atoms with E-state index in [-0.39, 0.29) is 11.8 Å². The first-order valence-corrected chi connectivity index (χ1v) is 14.0. The van der Waals surface area contributed by atoms with E-state index in [0.29, 0.717) is 41.9 Å². The van der Waals surface area contributed by atoms with Gasteiger partial charge in [0.1, 0.15) is 5.82 Å². The number of carbonyl (C=O) groups is 3.